The molecule has 0 aromatic heterocycles. The first kappa shape index (κ1) is 15.5. The van der Waals surface area contributed by atoms with Crippen molar-refractivity contribution in [3.8, 4) is 0 Å². The molecule has 0 saturated heterocycles. The molecule has 0 aromatic carbocycles. The maximum atomic E-state index is 10.6. The Morgan fingerprint density at radius 1 is 1.39 bits per heavy atom. The van der Waals surface area contributed by atoms with E-state index in [1.54, 1.807) is 0 Å². The maximum Gasteiger partial charge on any atom is 0.302 e. The van der Waals surface area contributed by atoms with Crippen molar-refractivity contribution in [2.75, 3.05) is 13.2 Å². The minimum Gasteiger partial charge on any atom is -0.466 e. The van der Waals surface area contributed by atoms with Crippen molar-refractivity contribution in [1.29, 1.82) is 0 Å². The van der Waals surface area contributed by atoms with Crippen LogP contribution in [0.2, 0.25) is 0 Å². The Hall–Kier alpha value is -0.570. The van der Waals surface area contributed by atoms with Crippen LogP contribution in [0.15, 0.2) is 0 Å². The average Bonchev–Trinajstić information content (AvgIpc) is 2.26. The van der Waals surface area contributed by atoms with E-state index in [1.807, 2.05) is 0 Å². The second-order valence-electron chi connectivity index (χ2n) is 6.29. The number of carbonyl (C=O) groups is 1. The van der Waals surface area contributed by atoms with E-state index in [-0.39, 0.29) is 5.97 Å². The molecule has 1 fully saturated rings. The molecule has 0 amide bonds. The van der Waals surface area contributed by atoms with E-state index in [9.17, 15) is 4.79 Å². The fraction of sp³-hybridized carbons (Fsp3) is 0.933. The van der Waals surface area contributed by atoms with Crippen molar-refractivity contribution in [1.82, 2.24) is 0 Å². The van der Waals surface area contributed by atoms with Gasteiger partial charge in [-0.25, -0.2) is 0 Å². The Balaban J connectivity index is 2.16. The summed E-state index contributed by atoms with van der Waals surface area (Å²) in [6.45, 7) is 9.48. The molecule has 1 rings (SSSR count). The van der Waals surface area contributed by atoms with E-state index < -0.39 is 0 Å². The fourth-order valence-corrected chi connectivity index (χ4v) is 2.84. The standard InChI is InChI=1S/C15H28O3/c1-12(17-9-6-10-18-13(2)16)14-7-5-8-15(3,4)11-14/h12,14H,5-11H2,1-4H3. The molecule has 1 aliphatic rings. The predicted molar refractivity (Wildman–Crippen MR) is 72.4 cm³/mol. The van der Waals surface area contributed by atoms with Gasteiger partial charge in [0.1, 0.15) is 0 Å². The zero-order chi connectivity index (χ0) is 13.6. The third-order valence-electron chi connectivity index (χ3n) is 3.88. The van der Waals surface area contributed by atoms with Gasteiger partial charge in [-0.15, -0.1) is 0 Å². The molecule has 106 valence electrons. The Labute approximate surface area is 111 Å². The molecule has 18 heavy (non-hydrogen) atoms. The van der Waals surface area contributed by atoms with Gasteiger partial charge in [-0.1, -0.05) is 20.3 Å². The highest BCUT2D eigenvalue weighted by molar-refractivity contribution is 5.65. The fourth-order valence-electron chi connectivity index (χ4n) is 2.84. The van der Waals surface area contributed by atoms with Crippen LogP contribution in [0.25, 0.3) is 0 Å². The molecule has 1 aliphatic carbocycles. The lowest BCUT2D eigenvalue weighted by Gasteiger charge is -2.37. The third kappa shape index (κ3) is 5.85. The Morgan fingerprint density at radius 2 is 2.11 bits per heavy atom. The molecule has 0 bridgehead atoms. The highest BCUT2D eigenvalue weighted by Gasteiger charge is 2.31. The van der Waals surface area contributed by atoms with Gasteiger partial charge in [-0.3, -0.25) is 4.79 Å². The summed E-state index contributed by atoms with van der Waals surface area (Å²) in [4.78, 5) is 10.6. The van der Waals surface area contributed by atoms with Crippen LogP contribution in [0.1, 0.15) is 59.8 Å². The average molecular weight is 256 g/mol. The molecule has 0 radical (unpaired) electrons. The maximum absolute atomic E-state index is 10.6. The molecular weight excluding hydrogens is 228 g/mol. The molecule has 3 nitrogen and oxygen atoms in total. The molecule has 0 aliphatic heterocycles. The highest BCUT2D eigenvalue weighted by atomic mass is 16.5. The van der Waals surface area contributed by atoms with Crippen molar-refractivity contribution in [2.24, 2.45) is 11.3 Å². The number of hydrogen-bond acceptors (Lipinski definition) is 3. The number of ether oxygens (including phenoxy) is 2. The molecular formula is C15H28O3. The van der Waals surface area contributed by atoms with E-state index in [1.165, 1.54) is 32.6 Å². The first-order valence-corrected chi connectivity index (χ1v) is 7.16. The van der Waals surface area contributed by atoms with Crippen LogP contribution >= 0.6 is 0 Å². The number of carbonyl (C=O) groups excluding carboxylic acids is 1. The number of rotatable bonds is 6. The van der Waals surface area contributed by atoms with Crippen LogP contribution in [0, 0.1) is 11.3 Å². The Kier molecular flexibility index (Phi) is 6.13. The van der Waals surface area contributed by atoms with Crippen LogP contribution < -0.4 is 0 Å². The van der Waals surface area contributed by atoms with E-state index >= 15 is 0 Å². The molecule has 2 atom stereocenters. The summed E-state index contributed by atoms with van der Waals surface area (Å²) < 4.78 is 10.7. The molecule has 0 aromatic rings. The highest BCUT2D eigenvalue weighted by Crippen LogP contribution is 2.40. The van der Waals surface area contributed by atoms with Crippen molar-refractivity contribution in [3.63, 3.8) is 0 Å². The first-order valence-electron chi connectivity index (χ1n) is 7.16. The SMILES string of the molecule is CC(=O)OCCCOC(C)C1CCCC(C)(C)C1. The van der Waals surface area contributed by atoms with Gasteiger partial charge in [-0.2, -0.15) is 0 Å². The topological polar surface area (TPSA) is 35.5 Å². The van der Waals surface area contributed by atoms with E-state index in [2.05, 4.69) is 20.8 Å². The van der Waals surface area contributed by atoms with E-state index in [0.29, 0.717) is 30.7 Å². The Bertz CT molecular complexity index is 260. The van der Waals surface area contributed by atoms with Crippen LogP contribution in [0.5, 0.6) is 0 Å². The Morgan fingerprint density at radius 3 is 2.72 bits per heavy atom. The third-order valence-corrected chi connectivity index (χ3v) is 3.88. The lowest BCUT2D eigenvalue weighted by molar-refractivity contribution is -0.141. The summed E-state index contributed by atoms with van der Waals surface area (Å²) in [5, 5.41) is 0. The van der Waals surface area contributed by atoms with Gasteiger partial charge in [0, 0.05) is 13.3 Å². The minimum atomic E-state index is -0.211. The van der Waals surface area contributed by atoms with Crippen LogP contribution in [0.4, 0.5) is 0 Å². The van der Waals surface area contributed by atoms with Gasteiger partial charge in [0.15, 0.2) is 0 Å². The second-order valence-corrected chi connectivity index (χ2v) is 6.29. The van der Waals surface area contributed by atoms with Crippen molar-refractivity contribution >= 4 is 5.97 Å². The normalized spacial score (nSPS) is 24.6. The summed E-state index contributed by atoms with van der Waals surface area (Å²) in [6, 6.07) is 0. The van der Waals surface area contributed by atoms with E-state index in [4.69, 9.17) is 9.47 Å². The number of esters is 1. The molecule has 0 heterocycles. The van der Waals surface area contributed by atoms with Gasteiger partial charge in [0.25, 0.3) is 0 Å². The molecule has 0 N–H and O–H groups in total. The summed E-state index contributed by atoms with van der Waals surface area (Å²) >= 11 is 0. The molecule has 0 spiro atoms. The van der Waals surface area contributed by atoms with Crippen LogP contribution in [-0.4, -0.2) is 25.3 Å². The summed E-state index contributed by atoms with van der Waals surface area (Å²) in [6.07, 6.45) is 6.32. The van der Waals surface area contributed by atoms with Gasteiger partial charge < -0.3 is 9.47 Å². The largest absolute Gasteiger partial charge is 0.466 e. The van der Waals surface area contributed by atoms with Gasteiger partial charge in [0.05, 0.1) is 19.3 Å². The summed E-state index contributed by atoms with van der Waals surface area (Å²) in [5.41, 5.74) is 0.471. The quantitative estimate of drug-likeness (QED) is 0.538. The molecule has 2 unspecified atom stereocenters. The summed E-state index contributed by atoms with van der Waals surface area (Å²) in [5.74, 6) is 0.472. The monoisotopic (exact) mass is 256 g/mol. The smallest absolute Gasteiger partial charge is 0.302 e. The van der Waals surface area contributed by atoms with Gasteiger partial charge >= 0.3 is 5.97 Å². The number of hydrogen-bond donors (Lipinski definition) is 0. The van der Waals surface area contributed by atoms with Crippen LogP contribution in [-0.2, 0) is 14.3 Å². The van der Waals surface area contributed by atoms with Gasteiger partial charge in [0.2, 0.25) is 0 Å². The zero-order valence-corrected chi connectivity index (χ0v) is 12.3. The van der Waals surface area contributed by atoms with Crippen molar-refractivity contribution in [3.05, 3.63) is 0 Å². The van der Waals surface area contributed by atoms with Gasteiger partial charge in [-0.05, 0) is 37.5 Å². The molecule has 3 heteroatoms. The van der Waals surface area contributed by atoms with Crippen molar-refractivity contribution < 1.29 is 14.3 Å². The zero-order valence-electron chi connectivity index (χ0n) is 12.3. The van der Waals surface area contributed by atoms with E-state index in [0.717, 1.165) is 6.42 Å². The second kappa shape index (κ2) is 7.13. The first-order chi connectivity index (χ1) is 8.41. The minimum absolute atomic E-state index is 0.211. The lowest BCUT2D eigenvalue weighted by Crippen LogP contribution is -2.31. The van der Waals surface area contributed by atoms with Crippen molar-refractivity contribution in [2.45, 2.75) is 65.9 Å². The van der Waals surface area contributed by atoms with Crippen LogP contribution in [0.3, 0.4) is 0 Å². The predicted octanol–water partition coefficient (Wildman–Crippen LogP) is 3.56. The lowest BCUT2D eigenvalue weighted by atomic mass is 9.71. The molecule has 1 saturated carbocycles. The summed E-state index contributed by atoms with van der Waals surface area (Å²) in [7, 11) is 0.